The number of benzene rings is 2. The van der Waals surface area contributed by atoms with Gasteiger partial charge in [0.2, 0.25) is 14.9 Å². The van der Waals surface area contributed by atoms with Gasteiger partial charge in [-0.25, -0.2) is 8.42 Å². The molecule has 0 aliphatic rings. The van der Waals surface area contributed by atoms with Crippen LogP contribution in [0, 0.1) is 0 Å². The van der Waals surface area contributed by atoms with Gasteiger partial charge in [-0.05, 0) is 53.9 Å². The predicted octanol–water partition coefficient (Wildman–Crippen LogP) is 5.11. The van der Waals surface area contributed by atoms with Crippen molar-refractivity contribution < 1.29 is 22.0 Å². The van der Waals surface area contributed by atoms with Gasteiger partial charge in [0.1, 0.15) is 5.76 Å². The minimum absolute atomic E-state index is 0.0451. The van der Waals surface area contributed by atoms with E-state index in [0.717, 1.165) is 12.0 Å². The number of amides is 1. The van der Waals surface area contributed by atoms with Crippen molar-refractivity contribution in [2.75, 3.05) is 0 Å². The number of hydrogen-bond acceptors (Lipinski definition) is 5. The molecule has 0 aliphatic heterocycles. The van der Waals surface area contributed by atoms with Gasteiger partial charge in [-0.1, -0.05) is 49.4 Å². The molecule has 4 aromatic rings. The number of hydrogen-bond donors (Lipinski definition) is 0. The first-order valence-corrected chi connectivity index (χ1v) is 11.7. The molecule has 164 valence electrons. The fourth-order valence-electron chi connectivity index (χ4n) is 3.34. The lowest BCUT2D eigenvalue weighted by Crippen LogP contribution is -2.29. The van der Waals surface area contributed by atoms with Gasteiger partial charge < -0.3 is 13.7 Å². The molecule has 0 saturated carbocycles. The zero-order valence-electron chi connectivity index (χ0n) is 17.6. The van der Waals surface area contributed by atoms with Crippen molar-refractivity contribution in [2.45, 2.75) is 36.4 Å². The molecule has 32 heavy (non-hydrogen) atoms. The lowest BCUT2D eigenvalue weighted by Gasteiger charge is -2.21. The quantitative estimate of drug-likeness (QED) is 0.373. The summed E-state index contributed by atoms with van der Waals surface area (Å²) in [5.74, 6) is 0.152. The van der Waals surface area contributed by atoms with Gasteiger partial charge in [-0.15, -0.1) is 0 Å². The van der Waals surface area contributed by atoms with E-state index in [2.05, 4.69) is 6.92 Å². The third-order valence-electron chi connectivity index (χ3n) is 5.13. The van der Waals surface area contributed by atoms with Crippen LogP contribution in [-0.4, -0.2) is 19.2 Å². The highest BCUT2D eigenvalue weighted by molar-refractivity contribution is 7.91. The van der Waals surface area contributed by atoms with E-state index in [1.807, 2.05) is 24.3 Å². The van der Waals surface area contributed by atoms with Gasteiger partial charge in [0, 0.05) is 6.54 Å². The molecule has 2 aromatic carbocycles. The highest BCUT2D eigenvalue weighted by Gasteiger charge is 2.26. The minimum Gasteiger partial charge on any atom is -0.467 e. The van der Waals surface area contributed by atoms with E-state index in [-0.39, 0.29) is 22.3 Å². The summed E-state index contributed by atoms with van der Waals surface area (Å²) in [5.41, 5.74) is 2.16. The number of furan rings is 2. The molecule has 0 atom stereocenters. The zero-order chi connectivity index (χ0) is 22.6. The summed E-state index contributed by atoms with van der Waals surface area (Å²) >= 11 is 0. The molecule has 4 rings (SSSR count). The molecule has 0 radical (unpaired) electrons. The van der Waals surface area contributed by atoms with Gasteiger partial charge in [-0.2, -0.15) is 0 Å². The van der Waals surface area contributed by atoms with Crippen LogP contribution in [0.2, 0.25) is 0 Å². The smallest absolute Gasteiger partial charge is 0.290 e. The van der Waals surface area contributed by atoms with Crippen molar-refractivity contribution in [3.8, 4) is 0 Å². The Bertz CT molecular complexity index is 1270. The van der Waals surface area contributed by atoms with E-state index < -0.39 is 15.7 Å². The number of rotatable bonds is 8. The standard InChI is InChI=1S/C25H23NO5S/c1-2-19-10-12-20(13-11-19)17-26(18-21-7-6-16-30-21)25(27)23-14-15-24(31-23)32(28,29)22-8-4-3-5-9-22/h3-16H,2,17-18H2,1H3. The highest BCUT2D eigenvalue weighted by Crippen LogP contribution is 2.24. The first-order valence-electron chi connectivity index (χ1n) is 10.3. The van der Waals surface area contributed by atoms with Crippen LogP contribution in [0.3, 0.4) is 0 Å². The molecule has 7 heteroatoms. The Hall–Kier alpha value is -3.58. The lowest BCUT2D eigenvalue weighted by molar-refractivity contribution is 0.0679. The SMILES string of the molecule is CCc1ccc(CN(Cc2ccco2)C(=O)c2ccc(S(=O)(=O)c3ccccc3)o2)cc1. The number of sulfone groups is 1. The molecular formula is C25H23NO5S. The second-order valence-corrected chi connectivity index (χ2v) is 9.23. The maximum Gasteiger partial charge on any atom is 0.290 e. The molecule has 0 bridgehead atoms. The number of aryl methyl sites for hydroxylation is 1. The molecule has 0 aliphatic carbocycles. The molecule has 0 fully saturated rings. The third kappa shape index (κ3) is 4.68. The Morgan fingerprint density at radius 3 is 2.22 bits per heavy atom. The van der Waals surface area contributed by atoms with E-state index in [0.29, 0.717) is 12.3 Å². The first kappa shape index (κ1) is 21.6. The summed E-state index contributed by atoms with van der Waals surface area (Å²) in [6, 6.07) is 22.3. The zero-order valence-corrected chi connectivity index (χ0v) is 18.4. The van der Waals surface area contributed by atoms with Crippen LogP contribution < -0.4 is 0 Å². The fraction of sp³-hybridized carbons (Fsp3) is 0.160. The summed E-state index contributed by atoms with van der Waals surface area (Å²) in [5, 5.41) is -0.266. The Morgan fingerprint density at radius 2 is 1.56 bits per heavy atom. The summed E-state index contributed by atoms with van der Waals surface area (Å²) in [6.45, 7) is 2.63. The largest absolute Gasteiger partial charge is 0.467 e. The molecule has 0 unspecified atom stereocenters. The Morgan fingerprint density at radius 1 is 0.844 bits per heavy atom. The normalized spacial score (nSPS) is 11.4. The molecule has 0 N–H and O–H groups in total. The van der Waals surface area contributed by atoms with Gasteiger partial charge in [0.15, 0.2) is 5.76 Å². The molecule has 1 amide bonds. The van der Waals surface area contributed by atoms with Gasteiger partial charge >= 0.3 is 0 Å². The van der Waals surface area contributed by atoms with Gasteiger partial charge in [0.25, 0.3) is 5.91 Å². The van der Waals surface area contributed by atoms with Crippen LogP contribution in [0.4, 0.5) is 0 Å². The van der Waals surface area contributed by atoms with Crippen LogP contribution >= 0.6 is 0 Å². The second kappa shape index (κ2) is 9.28. The third-order valence-corrected chi connectivity index (χ3v) is 6.77. The van der Waals surface area contributed by atoms with Crippen LogP contribution in [0.15, 0.2) is 104 Å². The highest BCUT2D eigenvalue weighted by atomic mass is 32.2. The maximum absolute atomic E-state index is 13.3. The topological polar surface area (TPSA) is 80.7 Å². The average molecular weight is 450 g/mol. The predicted molar refractivity (Wildman–Crippen MR) is 119 cm³/mol. The molecule has 0 saturated heterocycles. The molecule has 6 nitrogen and oxygen atoms in total. The number of nitrogens with zero attached hydrogens (tertiary/aromatic N) is 1. The van der Waals surface area contributed by atoms with Crippen LogP contribution in [0.1, 0.15) is 34.4 Å². The van der Waals surface area contributed by atoms with Crippen LogP contribution in [-0.2, 0) is 29.3 Å². The molecule has 2 heterocycles. The Labute approximate surface area is 187 Å². The van der Waals surface area contributed by atoms with Crippen molar-refractivity contribution >= 4 is 15.7 Å². The van der Waals surface area contributed by atoms with Crippen LogP contribution in [0.5, 0.6) is 0 Å². The monoisotopic (exact) mass is 449 g/mol. The van der Waals surface area contributed by atoms with Crippen molar-refractivity contribution in [3.63, 3.8) is 0 Å². The number of carbonyl (C=O) groups is 1. The van der Waals surface area contributed by atoms with Gasteiger partial charge in [-0.3, -0.25) is 4.79 Å². The van der Waals surface area contributed by atoms with Crippen molar-refractivity contribution in [1.82, 2.24) is 4.90 Å². The molecular weight excluding hydrogens is 426 g/mol. The van der Waals surface area contributed by atoms with E-state index in [4.69, 9.17) is 8.83 Å². The molecule has 0 spiro atoms. The van der Waals surface area contributed by atoms with Crippen LogP contribution in [0.25, 0.3) is 0 Å². The van der Waals surface area contributed by atoms with E-state index >= 15 is 0 Å². The Balaban J connectivity index is 1.60. The second-order valence-electron chi connectivity index (χ2n) is 7.35. The Kier molecular flexibility index (Phi) is 6.28. The van der Waals surface area contributed by atoms with E-state index in [9.17, 15) is 13.2 Å². The van der Waals surface area contributed by atoms with Crippen molar-refractivity contribution in [1.29, 1.82) is 0 Å². The maximum atomic E-state index is 13.3. The van der Waals surface area contributed by atoms with E-state index in [1.165, 1.54) is 29.8 Å². The fourth-order valence-corrected chi connectivity index (χ4v) is 4.54. The van der Waals surface area contributed by atoms with E-state index in [1.54, 1.807) is 41.5 Å². The van der Waals surface area contributed by atoms with Crippen molar-refractivity contribution in [2.24, 2.45) is 0 Å². The summed E-state index contributed by atoms with van der Waals surface area (Å²) in [4.78, 5) is 14.9. The summed E-state index contributed by atoms with van der Waals surface area (Å²) < 4.78 is 36.6. The summed E-state index contributed by atoms with van der Waals surface area (Å²) in [6.07, 6.45) is 2.48. The van der Waals surface area contributed by atoms with Crippen molar-refractivity contribution in [3.05, 3.63) is 108 Å². The number of carbonyl (C=O) groups excluding carboxylic acids is 1. The summed E-state index contributed by atoms with van der Waals surface area (Å²) in [7, 11) is -3.85. The van der Waals surface area contributed by atoms with Gasteiger partial charge in [0.05, 0.1) is 17.7 Å². The first-order chi connectivity index (χ1) is 15.5. The average Bonchev–Trinajstić information content (AvgIpc) is 3.52. The minimum atomic E-state index is -3.85. The lowest BCUT2D eigenvalue weighted by atomic mass is 10.1. The molecule has 2 aromatic heterocycles.